The number of amidine groups is 1. The van der Waals surface area contributed by atoms with Crippen molar-refractivity contribution in [2.75, 3.05) is 19.0 Å². The minimum Gasteiger partial charge on any atom is -0.422 e. The van der Waals surface area contributed by atoms with Crippen LogP contribution in [0.1, 0.15) is 78.9 Å². The van der Waals surface area contributed by atoms with Gasteiger partial charge in [-0.1, -0.05) is 64.8 Å². The monoisotopic (exact) mass is 563 g/mol. The topological polar surface area (TPSA) is 71.4 Å². The molecule has 0 aliphatic carbocycles. The molecule has 2 aromatic rings. The molecule has 41 heavy (non-hydrogen) atoms. The van der Waals surface area contributed by atoms with Gasteiger partial charge in [0.25, 0.3) is 5.79 Å². The minimum atomic E-state index is -1.32. The number of esters is 2. The predicted molar refractivity (Wildman–Crippen MR) is 166 cm³/mol. The second-order valence-corrected chi connectivity index (χ2v) is 12.8. The largest absolute Gasteiger partial charge is 0.422 e. The van der Waals surface area contributed by atoms with Gasteiger partial charge < -0.3 is 19.3 Å². The zero-order valence-corrected chi connectivity index (χ0v) is 26.4. The highest BCUT2D eigenvalue weighted by Crippen LogP contribution is 2.30. The molecule has 1 saturated heterocycles. The summed E-state index contributed by atoms with van der Waals surface area (Å²) in [4.78, 5) is 35.9. The zero-order chi connectivity index (χ0) is 30.3. The molecule has 1 aliphatic rings. The molecule has 224 valence electrons. The van der Waals surface area contributed by atoms with E-state index >= 15 is 0 Å². The van der Waals surface area contributed by atoms with E-state index < -0.39 is 23.6 Å². The summed E-state index contributed by atoms with van der Waals surface area (Å²) in [5.41, 5.74) is 4.06. The first kappa shape index (κ1) is 32.2. The Labute approximate surface area is 246 Å². The number of carbonyl (C=O) groups is 2. The Kier molecular flexibility index (Phi) is 11.0. The van der Waals surface area contributed by atoms with Gasteiger partial charge in [0.2, 0.25) is 5.92 Å². The number of hydrogen-bond acceptors (Lipinski definition) is 6. The number of carbonyl (C=O) groups excluding carboxylic acids is 2. The van der Waals surface area contributed by atoms with Crippen LogP contribution in [0.15, 0.2) is 53.5 Å². The molecule has 0 spiro atoms. The number of ether oxygens (including phenoxy) is 2. The Morgan fingerprint density at radius 1 is 0.829 bits per heavy atom. The third-order valence-corrected chi connectivity index (χ3v) is 7.28. The summed E-state index contributed by atoms with van der Waals surface area (Å²) >= 11 is 0. The van der Waals surface area contributed by atoms with Gasteiger partial charge in [-0.05, 0) is 67.0 Å². The number of anilines is 1. The zero-order valence-electron chi connectivity index (χ0n) is 26.4. The van der Waals surface area contributed by atoms with Crippen LogP contribution in [0.4, 0.5) is 11.4 Å². The Morgan fingerprint density at radius 2 is 1.39 bits per heavy atom. The van der Waals surface area contributed by atoms with Gasteiger partial charge in [0.15, 0.2) is 0 Å². The molecule has 1 aliphatic heterocycles. The number of cyclic esters (lactones) is 2. The molecule has 0 aromatic heterocycles. The van der Waals surface area contributed by atoms with Crippen molar-refractivity contribution in [2.24, 2.45) is 22.7 Å². The number of benzene rings is 2. The molecular weight excluding hydrogens is 514 g/mol. The number of hydrogen-bond donors (Lipinski definition) is 0. The van der Waals surface area contributed by atoms with Gasteiger partial charge >= 0.3 is 11.9 Å². The van der Waals surface area contributed by atoms with E-state index in [9.17, 15) is 9.59 Å². The van der Waals surface area contributed by atoms with E-state index in [0.29, 0.717) is 29.9 Å². The van der Waals surface area contributed by atoms with E-state index in [0.717, 1.165) is 36.9 Å². The Bertz CT molecular complexity index is 1160. The third kappa shape index (κ3) is 9.34. The maximum atomic E-state index is 13.4. The smallest absolute Gasteiger partial charge is 0.331 e. The first-order valence-corrected chi connectivity index (χ1v) is 14.9. The van der Waals surface area contributed by atoms with Crippen LogP contribution in [-0.4, -0.2) is 48.6 Å². The van der Waals surface area contributed by atoms with Crippen LogP contribution < -0.4 is 4.90 Å². The van der Waals surface area contributed by atoms with Crippen molar-refractivity contribution < 1.29 is 19.1 Å². The van der Waals surface area contributed by atoms with Crippen molar-refractivity contribution in [2.45, 2.75) is 92.5 Å². The Hall–Kier alpha value is -3.35. The third-order valence-electron chi connectivity index (χ3n) is 7.28. The predicted octanol–water partition coefficient (Wildman–Crippen LogP) is 7.15. The van der Waals surface area contributed by atoms with Gasteiger partial charge in [-0.15, -0.1) is 0 Å². The van der Waals surface area contributed by atoms with Crippen LogP contribution in [0.25, 0.3) is 0 Å². The average molecular weight is 564 g/mol. The summed E-state index contributed by atoms with van der Waals surface area (Å²) in [6.07, 6.45) is 4.04. The molecule has 0 amide bonds. The standard InChI is InChI=1S/C34H49N3O4/c1-23(2)11-10-12-25(5)37(22-27-15-13-26(14-16-27)21-24(3)4)31(30-32(38)40-34(6,7)41-33(30)39)35-28-17-19-29(20-18-28)36(8)9/h13-20,23-25,30H,10-12,21-22H2,1-9H3. The number of rotatable bonds is 12. The second-order valence-electron chi connectivity index (χ2n) is 12.8. The van der Waals surface area contributed by atoms with Gasteiger partial charge in [0.1, 0.15) is 5.84 Å². The molecule has 3 rings (SSSR count). The molecule has 7 heteroatoms. The first-order valence-electron chi connectivity index (χ1n) is 14.9. The van der Waals surface area contributed by atoms with Gasteiger partial charge in [-0.3, -0.25) is 9.59 Å². The molecule has 0 saturated carbocycles. The van der Waals surface area contributed by atoms with E-state index in [1.54, 1.807) is 13.8 Å². The van der Waals surface area contributed by atoms with Crippen LogP contribution in [0.3, 0.4) is 0 Å². The fourth-order valence-corrected chi connectivity index (χ4v) is 5.07. The Morgan fingerprint density at radius 3 is 1.90 bits per heavy atom. The molecule has 0 bridgehead atoms. The van der Waals surface area contributed by atoms with E-state index in [-0.39, 0.29) is 6.04 Å². The molecule has 1 heterocycles. The molecule has 0 radical (unpaired) electrons. The molecule has 0 N–H and O–H groups in total. The second kappa shape index (κ2) is 14.0. The quantitative estimate of drug-likeness (QED) is 0.118. The Balaban J connectivity index is 2.07. The number of nitrogens with zero attached hydrogens (tertiary/aromatic N) is 3. The molecular formula is C34H49N3O4. The van der Waals surface area contributed by atoms with Crippen molar-refractivity contribution in [3.05, 3.63) is 59.7 Å². The highest BCUT2D eigenvalue weighted by Gasteiger charge is 2.48. The van der Waals surface area contributed by atoms with Crippen LogP contribution in [0.2, 0.25) is 0 Å². The fraction of sp³-hybridized carbons (Fsp3) is 0.559. The normalized spacial score (nSPS) is 16.5. The van der Waals surface area contributed by atoms with Gasteiger partial charge in [0, 0.05) is 46.2 Å². The maximum absolute atomic E-state index is 13.4. The van der Waals surface area contributed by atoms with Crippen molar-refractivity contribution in [1.29, 1.82) is 0 Å². The van der Waals surface area contributed by atoms with Crippen LogP contribution in [-0.2, 0) is 32.0 Å². The average Bonchev–Trinajstić information content (AvgIpc) is 2.86. The summed E-state index contributed by atoms with van der Waals surface area (Å²) in [5.74, 6) is -2.34. The van der Waals surface area contributed by atoms with E-state index in [1.165, 1.54) is 5.56 Å². The first-order chi connectivity index (χ1) is 19.3. The molecule has 1 fully saturated rings. The minimum absolute atomic E-state index is 0.0134. The summed E-state index contributed by atoms with van der Waals surface area (Å²) in [6, 6.07) is 16.4. The lowest BCUT2D eigenvalue weighted by Gasteiger charge is -2.38. The lowest BCUT2D eigenvalue weighted by atomic mass is 9.98. The van der Waals surface area contributed by atoms with Gasteiger partial charge in [-0.25, -0.2) is 4.99 Å². The maximum Gasteiger partial charge on any atom is 0.331 e. The van der Waals surface area contributed by atoms with E-state index in [4.69, 9.17) is 14.5 Å². The highest BCUT2D eigenvalue weighted by molar-refractivity contribution is 6.17. The van der Waals surface area contributed by atoms with Crippen molar-refractivity contribution in [1.82, 2.24) is 4.90 Å². The SMILES string of the molecule is CC(C)CCCC(C)N(Cc1ccc(CC(C)C)cc1)C(=Nc1ccc(N(C)C)cc1)C1C(=O)OC(C)(C)OC1=O. The van der Waals surface area contributed by atoms with Gasteiger partial charge in [0.05, 0.1) is 5.69 Å². The molecule has 7 nitrogen and oxygen atoms in total. The summed E-state index contributed by atoms with van der Waals surface area (Å²) in [5, 5.41) is 0. The van der Waals surface area contributed by atoms with Crippen molar-refractivity contribution in [3.8, 4) is 0 Å². The fourth-order valence-electron chi connectivity index (χ4n) is 5.07. The molecule has 1 atom stereocenters. The summed E-state index contributed by atoms with van der Waals surface area (Å²) in [6.45, 7) is 14.7. The molecule has 2 aromatic carbocycles. The highest BCUT2D eigenvalue weighted by atomic mass is 16.7. The molecule has 1 unspecified atom stereocenters. The lowest BCUT2D eigenvalue weighted by molar-refractivity contribution is -0.236. The van der Waals surface area contributed by atoms with Crippen LogP contribution in [0.5, 0.6) is 0 Å². The van der Waals surface area contributed by atoms with Crippen molar-refractivity contribution >= 4 is 29.1 Å². The lowest BCUT2D eigenvalue weighted by Crippen LogP contribution is -2.54. The van der Waals surface area contributed by atoms with Crippen LogP contribution in [0, 0.1) is 17.8 Å². The van der Waals surface area contributed by atoms with Gasteiger partial charge in [-0.2, -0.15) is 0 Å². The summed E-state index contributed by atoms with van der Waals surface area (Å²) in [7, 11) is 3.96. The number of aliphatic imine (C=N–C) groups is 1. The van der Waals surface area contributed by atoms with Crippen LogP contribution >= 0.6 is 0 Å². The van der Waals surface area contributed by atoms with E-state index in [1.807, 2.05) is 43.3 Å². The van der Waals surface area contributed by atoms with E-state index in [2.05, 4.69) is 63.8 Å². The van der Waals surface area contributed by atoms with Crippen molar-refractivity contribution in [3.63, 3.8) is 0 Å². The summed E-state index contributed by atoms with van der Waals surface area (Å²) < 4.78 is 11.2.